The smallest absolute Gasteiger partial charge is 0.265 e. The minimum atomic E-state index is -4.07. The van der Waals surface area contributed by atoms with Crippen molar-refractivity contribution in [1.29, 1.82) is 0 Å². The Labute approximate surface area is 127 Å². The second kappa shape index (κ2) is 6.11. The van der Waals surface area contributed by atoms with E-state index in [-0.39, 0.29) is 27.9 Å². The van der Waals surface area contributed by atoms with E-state index in [1.807, 2.05) is 0 Å². The highest BCUT2D eigenvalue weighted by molar-refractivity contribution is 8.13. The molecule has 116 valence electrons. The van der Waals surface area contributed by atoms with Gasteiger partial charge in [-0.1, -0.05) is 0 Å². The zero-order valence-corrected chi connectivity index (χ0v) is 13.3. The number of rotatable bonds is 6. The van der Waals surface area contributed by atoms with Crippen molar-refractivity contribution >= 4 is 25.6 Å². The molecule has 0 spiro atoms. The van der Waals surface area contributed by atoms with Gasteiger partial charge >= 0.3 is 0 Å². The summed E-state index contributed by atoms with van der Waals surface area (Å²) in [5.41, 5.74) is 0.160. The Bertz CT molecular complexity index is 655. The molecule has 0 aliphatic heterocycles. The third kappa shape index (κ3) is 3.79. The highest BCUT2D eigenvalue weighted by Crippen LogP contribution is 2.37. The molecule has 0 atom stereocenters. The Morgan fingerprint density at radius 3 is 2.48 bits per heavy atom. The SMILES string of the molecule is COc1cc(C(=O)NCC2CC2)cc(S(=O)(=O)Cl)c1OC. The van der Waals surface area contributed by atoms with Crippen LogP contribution in [-0.2, 0) is 9.05 Å². The molecule has 0 heterocycles. The van der Waals surface area contributed by atoms with Gasteiger partial charge in [0.1, 0.15) is 4.90 Å². The number of methoxy groups -OCH3 is 2. The molecule has 1 aliphatic carbocycles. The number of carbonyl (C=O) groups is 1. The maximum absolute atomic E-state index is 12.1. The van der Waals surface area contributed by atoms with E-state index in [1.54, 1.807) is 0 Å². The lowest BCUT2D eigenvalue weighted by molar-refractivity contribution is 0.0951. The first kappa shape index (κ1) is 15.9. The molecule has 0 bridgehead atoms. The summed E-state index contributed by atoms with van der Waals surface area (Å²) < 4.78 is 33.3. The molecular weight excluding hydrogens is 318 g/mol. The van der Waals surface area contributed by atoms with Gasteiger partial charge in [-0.3, -0.25) is 4.79 Å². The molecule has 1 fully saturated rings. The van der Waals surface area contributed by atoms with Gasteiger partial charge < -0.3 is 14.8 Å². The van der Waals surface area contributed by atoms with E-state index in [1.165, 1.54) is 26.4 Å². The maximum atomic E-state index is 12.1. The Balaban J connectivity index is 2.39. The van der Waals surface area contributed by atoms with Gasteiger partial charge in [0.2, 0.25) is 0 Å². The fraction of sp³-hybridized carbons (Fsp3) is 0.462. The maximum Gasteiger partial charge on any atom is 0.265 e. The first-order chi connectivity index (χ1) is 9.86. The summed E-state index contributed by atoms with van der Waals surface area (Å²) in [6.45, 7) is 0.580. The van der Waals surface area contributed by atoms with Crippen LogP contribution in [0, 0.1) is 5.92 Å². The topological polar surface area (TPSA) is 81.7 Å². The molecule has 8 heteroatoms. The van der Waals surface area contributed by atoms with Gasteiger partial charge in [0.15, 0.2) is 11.5 Å². The first-order valence-corrected chi connectivity index (χ1v) is 8.66. The largest absolute Gasteiger partial charge is 0.493 e. The number of carbonyl (C=O) groups excluding carboxylic acids is 1. The molecular formula is C13H16ClNO5S. The lowest BCUT2D eigenvalue weighted by Crippen LogP contribution is -2.25. The Kier molecular flexibility index (Phi) is 4.63. The van der Waals surface area contributed by atoms with Crippen LogP contribution in [0.3, 0.4) is 0 Å². The average Bonchev–Trinajstić information content (AvgIpc) is 3.26. The molecule has 1 amide bonds. The number of amides is 1. The summed E-state index contributed by atoms with van der Waals surface area (Å²) in [5, 5.41) is 2.76. The number of benzene rings is 1. The minimum absolute atomic E-state index is 0.0220. The van der Waals surface area contributed by atoms with E-state index in [0.29, 0.717) is 12.5 Å². The predicted octanol–water partition coefficient (Wildman–Crippen LogP) is 1.77. The second-order valence-electron chi connectivity index (χ2n) is 4.80. The van der Waals surface area contributed by atoms with Gasteiger partial charge in [0, 0.05) is 22.8 Å². The van der Waals surface area contributed by atoms with Gasteiger partial charge in [-0.05, 0) is 30.9 Å². The van der Waals surface area contributed by atoms with E-state index in [4.69, 9.17) is 20.2 Å². The van der Waals surface area contributed by atoms with E-state index < -0.39 is 9.05 Å². The molecule has 1 N–H and O–H groups in total. The van der Waals surface area contributed by atoms with Crippen LogP contribution in [0.5, 0.6) is 11.5 Å². The summed E-state index contributed by atoms with van der Waals surface area (Å²) in [5.74, 6) is 0.261. The minimum Gasteiger partial charge on any atom is -0.493 e. The molecule has 0 radical (unpaired) electrons. The molecule has 21 heavy (non-hydrogen) atoms. The van der Waals surface area contributed by atoms with Crippen molar-refractivity contribution in [3.63, 3.8) is 0 Å². The van der Waals surface area contributed by atoms with Crippen molar-refractivity contribution in [2.24, 2.45) is 5.92 Å². The lowest BCUT2D eigenvalue weighted by Gasteiger charge is -2.13. The van der Waals surface area contributed by atoms with Gasteiger partial charge in [-0.2, -0.15) is 0 Å². The Morgan fingerprint density at radius 2 is 2.00 bits per heavy atom. The quantitative estimate of drug-likeness (QED) is 0.802. The van der Waals surface area contributed by atoms with Crippen molar-refractivity contribution in [2.45, 2.75) is 17.7 Å². The third-order valence-corrected chi connectivity index (χ3v) is 4.55. The number of ether oxygens (including phenoxy) is 2. The van der Waals surface area contributed by atoms with Gasteiger partial charge in [0.05, 0.1) is 14.2 Å². The van der Waals surface area contributed by atoms with Gasteiger partial charge in [-0.25, -0.2) is 8.42 Å². The molecule has 6 nitrogen and oxygen atoms in total. The number of hydrogen-bond donors (Lipinski definition) is 1. The predicted molar refractivity (Wildman–Crippen MR) is 77.6 cm³/mol. The van der Waals surface area contributed by atoms with E-state index in [9.17, 15) is 13.2 Å². The summed E-state index contributed by atoms with van der Waals surface area (Å²) in [4.78, 5) is 11.8. The molecule has 0 saturated heterocycles. The van der Waals surface area contributed by atoms with Crippen LogP contribution in [0.4, 0.5) is 0 Å². The van der Waals surface area contributed by atoms with Crippen LogP contribution in [-0.4, -0.2) is 35.1 Å². The van der Waals surface area contributed by atoms with Crippen molar-refractivity contribution in [3.05, 3.63) is 17.7 Å². The summed E-state index contributed by atoms with van der Waals surface area (Å²) in [6, 6.07) is 2.61. The van der Waals surface area contributed by atoms with Crippen LogP contribution in [0.15, 0.2) is 17.0 Å². The lowest BCUT2D eigenvalue weighted by atomic mass is 10.2. The normalized spacial score (nSPS) is 14.6. The van der Waals surface area contributed by atoms with E-state index >= 15 is 0 Å². The molecule has 0 aromatic heterocycles. The zero-order chi connectivity index (χ0) is 15.6. The number of hydrogen-bond acceptors (Lipinski definition) is 5. The molecule has 2 rings (SSSR count). The van der Waals surface area contributed by atoms with Crippen LogP contribution >= 0.6 is 10.7 Å². The average molecular weight is 334 g/mol. The van der Waals surface area contributed by atoms with Gasteiger partial charge in [-0.15, -0.1) is 0 Å². The Morgan fingerprint density at radius 1 is 1.33 bits per heavy atom. The highest BCUT2D eigenvalue weighted by Gasteiger charge is 2.25. The first-order valence-electron chi connectivity index (χ1n) is 6.35. The molecule has 1 aliphatic rings. The van der Waals surface area contributed by atoms with Crippen LogP contribution in [0.1, 0.15) is 23.2 Å². The van der Waals surface area contributed by atoms with E-state index in [2.05, 4.69) is 5.32 Å². The molecule has 1 saturated carbocycles. The van der Waals surface area contributed by atoms with Crippen molar-refractivity contribution in [2.75, 3.05) is 20.8 Å². The number of nitrogens with one attached hydrogen (secondary N) is 1. The van der Waals surface area contributed by atoms with E-state index in [0.717, 1.165) is 12.8 Å². The van der Waals surface area contributed by atoms with Crippen molar-refractivity contribution < 1.29 is 22.7 Å². The Hall–Kier alpha value is -1.47. The zero-order valence-electron chi connectivity index (χ0n) is 11.7. The van der Waals surface area contributed by atoms with Gasteiger partial charge in [0.25, 0.3) is 15.0 Å². The van der Waals surface area contributed by atoms with Crippen LogP contribution < -0.4 is 14.8 Å². The van der Waals surface area contributed by atoms with Crippen LogP contribution in [0.2, 0.25) is 0 Å². The fourth-order valence-corrected chi connectivity index (χ4v) is 2.92. The summed E-state index contributed by atoms with van der Waals surface area (Å²) in [6.07, 6.45) is 2.21. The standard InChI is InChI=1S/C13H16ClNO5S/c1-19-10-5-9(13(16)15-7-8-3-4-8)6-11(12(10)20-2)21(14,17)18/h5-6,8H,3-4,7H2,1-2H3,(H,15,16). The summed E-state index contributed by atoms with van der Waals surface area (Å²) >= 11 is 0. The molecule has 1 aromatic carbocycles. The summed E-state index contributed by atoms with van der Waals surface area (Å²) in [7, 11) is 3.98. The second-order valence-corrected chi connectivity index (χ2v) is 7.34. The third-order valence-electron chi connectivity index (χ3n) is 3.22. The molecule has 1 aromatic rings. The highest BCUT2D eigenvalue weighted by atomic mass is 35.7. The fourth-order valence-electron chi connectivity index (χ4n) is 1.90. The van der Waals surface area contributed by atoms with Crippen molar-refractivity contribution in [3.8, 4) is 11.5 Å². The number of halogens is 1. The van der Waals surface area contributed by atoms with Crippen LogP contribution in [0.25, 0.3) is 0 Å². The monoisotopic (exact) mass is 333 g/mol. The molecule has 0 unspecified atom stereocenters. The van der Waals surface area contributed by atoms with Crippen molar-refractivity contribution in [1.82, 2.24) is 5.32 Å².